The van der Waals surface area contributed by atoms with Gasteiger partial charge < -0.3 is 9.84 Å². The number of nitrogens with zero attached hydrogens (tertiary/aromatic N) is 1. The van der Waals surface area contributed by atoms with Crippen LogP contribution in [0.1, 0.15) is 12.5 Å². The standard InChI is InChI=1S/C13H18N2O4S/c1-11(10-19-2)7-15-20(17,18)13-6-12(4-3-5-16)8-14-9-13/h6,8-9,11,15-16H,5,7,10H2,1-2H3. The van der Waals surface area contributed by atoms with Crippen LogP contribution in [-0.2, 0) is 14.8 Å². The van der Waals surface area contributed by atoms with Crippen molar-refractivity contribution in [2.24, 2.45) is 5.92 Å². The van der Waals surface area contributed by atoms with Crippen molar-refractivity contribution in [1.29, 1.82) is 0 Å². The van der Waals surface area contributed by atoms with Gasteiger partial charge in [-0.25, -0.2) is 13.1 Å². The largest absolute Gasteiger partial charge is 0.384 e. The van der Waals surface area contributed by atoms with Crippen molar-refractivity contribution >= 4 is 10.0 Å². The first-order chi connectivity index (χ1) is 9.49. The first kappa shape index (κ1) is 16.6. The predicted molar refractivity (Wildman–Crippen MR) is 74.4 cm³/mol. The smallest absolute Gasteiger partial charge is 0.242 e. The fraction of sp³-hybridized carbons (Fsp3) is 0.462. The number of hydrogen-bond acceptors (Lipinski definition) is 5. The maximum Gasteiger partial charge on any atom is 0.242 e. The van der Waals surface area contributed by atoms with Gasteiger partial charge in [-0.2, -0.15) is 0 Å². The Labute approximate surface area is 119 Å². The average molecular weight is 298 g/mol. The molecule has 1 heterocycles. The minimum atomic E-state index is -3.62. The van der Waals surface area contributed by atoms with E-state index in [2.05, 4.69) is 21.5 Å². The molecule has 0 aliphatic carbocycles. The molecule has 0 fully saturated rings. The summed E-state index contributed by atoms with van der Waals surface area (Å²) in [5.74, 6) is 5.13. The van der Waals surface area contributed by atoms with Crippen LogP contribution in [0.5, 0.6) is 0 Å². The van der Waals surface area contributed by atoms with Crippen molar-refractivity contribution in [2.75, 3.05) is 26.9 Å². The molecule has 0 aliphatic rings. The fourth-order valence-electron chi connectivity index (χ4n) is 1.45. The molecule has 2 N–H and O–H groups in total. The van der Waals surface area contributed by atoms with Gasteiger partial charge in [0.25, 0.3) is 0 Å². The Kier molecular flexibility index (Phi) is 6.61. The van der Waals surface area contributed by atoms with Crippen molar-refractivity contribution < 1.29 is 18.3 Å². The van der Waals surface area contributed by atoms with E-state index < -0.39 is 10.0 Å². The van der Waals surface area contributed by atoms with Crippen LogP contribution in [0.3, 0.4) is 0 Å². The van der Waals surface area contributed by atoms with Crippen LogP contribution in [0.25, 0.3) is 0 Å². The van der Waals surface area contributed by atoms with E-state index in [0.717, 1.165) is 0 Å². The van der Waals surface area contributed by atoms with Crippen LogP contribution >= 0.6 is 0 Å². The Bertz CT molecular complexity index is 590. The van der Waals surface area contributed by atoms with Gasteiger partial charge in [0.2, 0.25) is 10.0 Å². The molecule has 0 aliphatic heterocycles. The number of hydrogen-bond donors (Lipinski definition) is 2. The van der Waals surface area contributed by atoms with Gasteiger partial charge in [0.15, 0.2) is 0 Å². The normalized spacial score (nSPS) is 12.6. The van der Waals surface area contributed by atoms with E-state index in [-0.39, 0.29) is 24.0 Å². The molecule has 1 unspecified atom stereocenters. The molecule has 1 aromatic heterocycles. The number of rotatable bonds is 6. The maximum atomic E-state index is 12.1. The van der Waals surface area contributed by atoms with Gasteiger partial charge >= 0.3 is 0 Å². The highest BCUT2D eigenvalue weighted by molar-refractivity contribution is 7.89. The molecule has 1 rings (SSSR count). The SMILES string of the molecule is COCC(C)CNS(=O)(=O)c1cncc(C#CCO)c1. The molecule has 6 nitrogen and oxygen atoms in total. The predicted octanol–water partition coefficient (Wildman–Crippen LogP) is -0.0138. The molecule has 0 bridgehead atoms. The molecular weight excluding hydrogens is 280 g/mol. The first-order valence-corrected chi connectivity index (χ1v) is 7.51. The van der Waals surface area contributed by atoms with Gasteiger partial charge in [0.1, 0.15) is 11.5 Å². The summed E-state index contributed by atoms with van der Waals surface area (Å²) in [6.07, 6.45) is 2.70. The summed E-state index contributed by atoms with van der Waals surface area (Å²) >= 11 is 0. The fourth-order valence-corrected chi connectivity index (χ4v) is 2.61. The third kappa shape index (κ3) is 5.27. The Hall–Kier alpha value is -1.46. The minimum Gasteiger partial charge on any atom is -0.384 e. The van der Waals surface area contributed by atoms with Crippen LogP contribution in [-0.4, -0.2) is 45.4 Å². The first-order valence-electron chi connectivity index (χ1n) is 6.03. The number of ether oxygens (including phenoxy) is 1. The van der Waals surface area contributed by atoms with E-state index in [1.165, 1.54) is 18.5 Å². The Morgan fingerprint density at radius 3 is 2.90 bits per heavy atom. The number of sulfonamides is 1. The molecule has 0 amide bonds. The van der Waals surface area contributed by atoms with E-state index in [1.807, 2.05) is 6.92 Å². The second kappa shape index (κ2) is 7.97. The Morgan fingerprint density at radius 1 is 1.50 bits per heavy atom. The summed E-state index contributed by atoms with van der Waals surface area (Å²) in [4.78, 5) is 3.89. The molecule has 1 aromatic rings. The number of nitrogens with one attached hydrogen (secondary N) is 1. The van der Waals surface area contributed by atoms with E-state index in [0.29, 0.717) is 12.2 Å². The van der Waals surface area contributed by atoms with Gasteiger partial charge in [0, 0.05) is 38.2 Å². The number of pyridine rings is 1. The summed E-state index contributed by atoms with van der Waals surface area (Å²) in [5, 5.41) is 8.62. The third-order valence-electron chi connectivity index (χ3n) is 2.41. The lowest BCUT2D eigenvalue weighted by Crippen LogP contribution is -2.30. The molecule has 0 saturated heterocycles. The molecule has 0 aromatic carbocycles. The second-order valence-electron chi connectivity index (χ2n) is 4.28. The summed E-state index contributed by atoms with van der Waals surface area (Å²) in [7, 11) is -2.05. The van der Waals surface area contributed by atoms with Crippen LogP contribution < -0.4 is 4.72 Å². The molecule has 20 heavy (non-hydrogen) atoms. The maximum absolute atomic E-state index is 12.1. The van der Waals surface area contributed by atoms with Crippen molar-refractivity contribution in [2.45, 2.75) is 11.8 Å². The molecular formula is C13H18N2O4S. The van der Waals surface area contributed by atoms with Gasteiger partial charge in [-0.1, -0.05) is 18.8 Å². The van der Waals surface area contributed by atoms with Crippen LogP contribution in [0, 0.1) is 17.8 Å². The summed E-state index contributed by atoms with van der Waals surface area (Å²) in [6, 6.07) is 1.42. The highest BCUT2D eigenvalue weighted by Gasteiger charge is 2.15. The number of aromatic nitrogens is 1. The Balaban J connectivity index is 2.82. The number of aliphatic hydroxyl groups excluding tert-OH is 1. The quantitative estimate of drug-likeness (QED) is 0.721. The zero-order valence-electron chi connectivity index (χ0n) is 11.5. The lowest BCUT2D eigenvalue weighted by Gasteiger charge is -2.11. The molecule has 1 atom stereocenters. The van der Waals surface area contributed by atoms with Crippen molar-refractivity contribution in [3.8, 4) is 11.8 Å². The van der Waals surface area contributed by atoms with Crippen LogP contribution in [0.2, 0.25) is 0 Å². The lowest BCUT2D eigenvalue weighted by atomic mass is 10.2. The van der Waals surface area contributed by atoms with Crippen molar-refractivity contribution in [3.05, 3.63) is 24.0 Å². The highest BCUT2D eigenvalue weighted by Crippen LogP contribution is 2.09. The number of methoxy groups -OCH3 is 1. The zero-order chi connectivity index (χ0) is 15.0. The minimum absolute atomic E-state index is 0.0480. The van der Waals surface area contributed by atoms with Gasteiger partial charge in [-0.15, -0.1) is 0 Å². The van der Waals surface area contributed by atoms with Gasteiger partial charge in [0.05, 0.1) is 0 Å². The summed E-state index contributed by atoms with van der Waals surface area (Å²) in [6.45, 7) is 2.35. The summed E-state index contributed by atoms with van der Waals surface area (Å²) in [5.41, 5.74) is 0.437. The molecule has 0 radical (unpaired) electrons. The van der Waals surface area contributed by atoms with E-state index in [9.17, 15) is 8.42 Å². The van der Waals surface area contributed by atoms with Crippen molar-refractivity contribution in [1.82, 2.24) is 9.71 Å². The average Bonchev–Trinajstić information content (AvgIpc) is 2.44. The van der Waals surface area contributed by atoms with E-state index in [4.69, 9.17) is 9.84 Å². The molecule has 0 saturated carbocycles. The molecule has 0 spiro atoms. The van der Waals surface area contributed by atoms with Crippen molar-refractivity contribution in [3.63, 3.8) is 0 Å². The zero-order valence-corrected chi connectivity index (χ0v) is 12.3. The van der Waals surface area contributed by atoms with E-state index >= 15 is 0 Å². The number of aliphatic hydroxyl groups is 1. The summed E-state index contributed by atoms with van der Waals surface area (Å²) < 4.78 is 31.6. The van der Waals surface area contributed by atoms with Gasteiger partial charge in [-0.3, -0.25) is 4.98 Å². The van der Waals surface area contributed by atoms with E-state index in [1.54, 1.807) is 7.11 Å². The molecule has 7 heteroatoms. The highest BCUT2D eigenvalue weighted by atomic mass is 32.2. The molecule has 110 valence electrons. The topological polar surface area (TPSA) is 88.5 Å². The third-order valence-corrected chi connectivity index (χ3v) is 3.80. The van der Waals surface area contributed by atoms with Crippen LogP contribution in [0.4, 0.5) is 0 Å². The Morgan fingerprint density at radius 2 is 2.25 bits per heavy atom. The second-order valence-corrected chi connectivity index (χ2v) is 6.05. The lowest BCUT2D eigenvalue weighted by molar-refractivity contribution is 0.161. The monoisotopic (exact) mass is 298 g/mol. The van der Waals surface area contributed by atoms with Crippen LogP contribution in [0.15, 0.2) is 23.4 Å². The van der Waals surface area contributed by atoms with Gasteiger partial charge in [-0.05, 0) is 12.0 Å².